The summed E-state index contributed by atoms with van der Waals surface area (Å²) in [6, 6.07) is 6.08. The molecular formula is C14H17NO2. The fourth-order valence-electron chi connectivity index (χ4n) is 2.47. The Hall–Kier alpha value is -1.48. The van der Waals surface area contributed by atoms with Crippen molar-refractivity contribution in [2.45, 2.75) is 19.3 Å². The number of ether oxygens (including phenoxy) is 1. The fourth-order valence-corrected chi connectivity index (χ4v) is 2.47. The van der Waals surface area contributed by atoms with E-state index in [2.05, 4.69) is 11.1 Å². The zero-order valence-electron chi connectivity index (χ0n) is 9.99. The lowest BCUT2D eigenvalue weighted by atomic mass is 9.97. The Balaban J connectivity index is 2.01. The maximum absolute atomic E-state index is 9.39. The van der Waals surface area contributed by atoms with Crippen molar-refractivity contribution < 1.29 is 9.84 Å². The van der Waals surface area contributed by atoms with Crippen LogP contribution in [0.3, 0.4) is 0 Å². The van der Waals surface area contributed by atoms with Gasteiger partial charge in [-0.05, 0) is 36.3 Å². The summed E-state index contributed by atoms with van der Waals surface area (Å²) in [6.07, 6.45) is 5.28. The molecule has 2 N–H and O–H groups in total. The van der Waals surface area contributed by atoms with Crippen LogP contribution in [0.4, 0.5) is 0 Å². The minimum Gasteiger partial charge on any atom is -0.495 e. The molecule has 2 aromatic rings. The number of aliphatic hydroxyl groups is 1. The van der Waals surface area contributed by atoms with Crippen LogP contribution in [0.1, 0.15) is 18.4 Å². The molecule has 1 aliphatic carbocycles. The van der Waals surface area contributed by atoms with Crippen molar-refractivity contribution in [2.24, 2.45) is 5.41 Å². The summed E-state index contributed by atoms with van der Waals surface area (Å²) < 4.78 is 5.33. The van der Waals surface area contributed by atoms with Crippen molar-refractivity contribution in [1.29, 1.82) is 0 Å². The fraction of sp³-hybridized carbons (Fsp3) is 0.429. The number of nitrogens with one attached hydrogen (secondary N) is 1. The minimum atomic E-state index is 0.151. The summed E-state index contributed by atoms with van der Waals surface area (Å²) in [5, 5.41) is 10.6. The molecular weight excluding hydrogens is 214 g/mol. The lowest BCUT2D eigenvalue weighted by Crippen LogP contribution is -2.09. The van der Waals surface area contributed by atoms with Gasteiger partial charge in [-0.2, -0.15) is 0 Å². The molecule has 0 bridgehead atoms. The van der Waals surface area contributed by atoms with Gasteiger partial charge in [-0.15, -0.1) is 0 Å². The van der Waals surface area contributed by atoms with Gasteiger partial charge in [-0.3, -0.25) is 0 Å². The van der Waals surface area contributed by atoms with Gasteiger partial charge in [-0.1, -0.05) is 12.1 Å². The van der Waals surface area contributed by atoms with Gasteiger partial charge in [0.05, 0.1) is 12.6 Å². The lowest BCUT2D eigenvalue weighted by molar-refractivity contribution is 0.211. The smallest absolute Gasteiger partial charge is 0.142 e. The molecule has 0 saturated heterocycles. The van der Waals surface area contributed by atoms with E-state index in [0.29, 0.717) is 6.61 Å². The van der Waals surface area contributed by atoms with E-state index in [1.165, 1.54) is 10.9 Å². The monoisotopic (exact) mass is 231 g/mol. The molecule has 3 nitrogen and oxygen atoms in total. The molecule has 1 aromatic heterocycles. The second-order valence-corrected chi connectivity index (χ2v) is 5.03. The third-order valence-electron chi connectivity index (χ3n) is 3.84. The maximum atomic E-state index is 9.39. The predicted molar refractivity (Wildman–Crippen MR) is 67.3 cm³/mol. The van der Waals surface area contributed by atoms with Crippen LogP contribution in [0, 0.1) is 5.41 Å². The highest BCUT2D eigenvalue weighted by atomic mass is 16.5. The number of aromatic amines is 1. The molecule has 17 heavy (non-hydrogen) atoms. The van der Waals surface area contributed by atoms with E-state index < -0.39 is 0 Å². The van der Waals surface area contributed by atoms with E-state index in [4.69, 9.17) is 4.74 Å². The number of aromatic nitrogens is 1. The van der Waals surface area contributed by atoms with E-state index in [9.17, 15) is 5.11 Å². The Bertz CT molecular complexity index is 540. The quantitative estimate of drug-likeness (QED) is 0.849. The Morgan fingerprint density at radius 2 is 2.24 bits per heavy atom. The van der Waals surface area contributed by atoms with Crippen molar-refractivity contribution in [3.8, 4) is 5.75 Å². The minimum absolute atomic E-state index is 0.151. The third-order valence-corrected chi connectivity index (χ3v) is 3.84. The first-order valence-corrected chi connectivity index (χ1v) is 6.02. The van der Waals surface area contributed by atoms with Gasteiger partial charge in [0.15, 0.2) is 0 Å². The molecule has 3 heteroatoms. The van der Waals surface area contributed by atoms with E-state index >= 15 is 0 Å². The van der Waals surface area contributed by atoms with Crippen LogP contribution in [-0.2, 0) is 6.42 Å². The van der Waals surface area contributed by atoms with Crippen LogP contribution in [0.5, 0.6) is 5.75 Å². The number of methoxy groups -OCH3 is 1. The summed E-state index contributed by atoms with van der Waals surface area (Å²) in [4.78, 5) is 3.28. The van der Waals surface area contributed by atoms with Crippen LogP contribution >= 0.6 is 0 Å². The van der Waals surface area contributed by atoms with E-state index in [0.717, 1.165) is 30.5 Å². The van der Waals surface area contributed by atoms with E-state index in [1.807, 2.05) is 18.3 Å². The first-order chi connectivity index (χ1) is 8.28. The van der Waals surface area contributed by atoms with Gasteiger partial charge in [0, 0.05) is 18.2 Å². The van der Waals surface area contributed by atoms with E-state index in [1.54, 1.807) is 7.11 Å². The Kier molecular flexibility index (Phi) is 2.37. The van der Waals surface area contributed by atoms with Crippen molar-refractivity contribution >= 4 is 10.9 Å². The first kappa shape index (κ1) is 10.7. The average molecular weight is 231 g/mol. The van der Waals surface area contributed by atoms with Crippen LogP contribution in [0.25, 0.3) is 10.9 Å². The molecule has 0 unspecified atom stereocenters. The molecule has 1 heterocycles. The van der Waals surface area contributed by atoms with Crippen molar-refractivity contribution in [3.05, 3.63) is 30.0 Å². The largest absolute Gasteiger partial charge is 0.495 e. The highest BCUT2D eigenvalue weighted by Crippen LogP contribution is 2.48. The van der Waals surface area contributed by atoms with Gasteiger partial charge in [0.2, 0.25) is 0 Å². The molecule has 0 amide bonds. The molecule has 1 aliphatic rings. The zero-order valence-corrected chi connectivity index (χ0v) is 9.99. The molecule has 3 rings (SSSR count). The summed E-state index contributed by atoms with van der Waals surface area (Å²) in [7, 11) is 1.69. The highest BCUT2D eigenvalue weighted by Gasteiger charge is 2.42. The van der Waals surface area contributed by atoms with Gasteiger partial charge in [0.1, 0.15) is 5.75 Å². The topological polar surface area (TPSA) is 45.2 Å². The van der Waals surface area contributed by atoms with Gasteiger partial charge in [0.25, 0.3) is 0 Å². The average Bonchev–Trinajstić information content (AvgIpc) is 3.03. The number of para-hydroxylation sites is 1. The number of fused-ring (bicyclic) bond motifs is 1. The standard InChI is InChI=1S/C14H17NO2/c1-17-12-4-2-3-11-10(8-15-13(11)12)7-14(9-16)5-6-14/h2-4,8,15-16H,5-7,9H2,1H3. The van der Waals surface area contributed by atoms with Crippen LogP contribution < -0.4 is 4.74 Å². The van der Waals surface area contributed by atoms with Crippen molar-refractivity contribution in [1.82, 2.24) is 4.98 Å². The van der Waals surface area contributed by atoms with Crippen LogP contribution in [-0.4, -0.2) is 23.8 Å². The molecule has 0 radical (unpaired) electrons. The second kappa shape index (κ2) is 3.77. The van der Waals surface area contributed by atoms with Crippen molar-refractivity contribution in [2.75, 3.05) is 13.7 Å². The summed E-state index contributed by atoms with van der Waals surface area (Å²) in [5.74, 6) is 0.877. The Labute approximate surface area is 100 Å². The predicted octanol–water partition coefficient (Wildman–Crippen LogP) is 2.49. The zero-order chi connectivity index (χ0) is 11.9. The molecule has 1 aromatic carbocycles. The number of hydrogen-bond donors (Lipinski definition) is 2. The maximum Gasteiger partial charge on any atom is 0.142 e. The number of rotatable bonds is 4. The summed E-state index contributed by atoms with van der Waals surface area (Å²) in [6.45, 7) is 0.295. The van der Waals surface area contributed by atoms with Crippen molar-refractivity contribution in [3.63, 3.8) is 0 Å². The van der Waals surface area contributed by atoms with Gasteiger partial charge >= 0.3 is 0 Å². The molecule has 0 spiro atoms. The molecule has 1 fully saturated rings. The second-order valence-electron chi connectivity index (χ2n) is 5.03. The first-order valence-electron chi connectivity index (χ1n) is 6.02. The van der Waals surface area contributed by atoms with E-state index in [-0.39, 0.29) is 5.41 Å². The number of benzene rings is 1. The van der Waals surface area contributed by atoms with Gasteiger partial charge < -0.3 is 14.8 Å². The normalized spacial score (nSPS) is 17.3. The number of aliphatic hydroxyl groups excluding tert-OH is 1. The SMILES string of the molecule is COc1cccc2c(CC3(CO)CC3)c[nH]c12. The summed E-state index contributed by atoms with van der Waals surface area (Å²) >= 11 is 0. The molecule has 90 valence electrons. The number of H-pyrrole nitrogens is 1. The lowest BCUT2D eigenvalue weighted by Gasteiger charge is -2.10. The highest BCUT2D eigenvalue weighted by molar-refractivity contribution is 5.88. The van der Waals surface area contributed by atoms with Gasteiger partial charge in [-0.25, -0.2) is 0 Å². The Morgan fingerprint density at radius 3 is 2.88 bits per heavy atom. The Morgan fingerprint density at radius 1 is 1.41 bits per heavy atom. The molecule has 0 atom stereocenters. The number of hydrogen-bond acceptors (Lipinski definition) is 2. The third kappa shape index (κ3) is 1.71. The summed E-state index contributed by atoms with van der Waals surface area (Å²) in [5.41, 5.74) is 2.49. The molecule has 0 aliphatic heterocycles. The van der Waals surface area contributed by atoms with Crippen LogP contribution in [0.15, 0.2) is 24.4 Å². The molecule has 1 saturated carbocycles. The van der Waals surface area contributed by atoms with Crippen LogP contribution in [0.2, 0.25) is 0 Å².